The molecule has 3 N–H and O–H groups in total. The van der Waals surface area contributed by atoms with Crippen molar-refractivity contribution in [1.82, 2.24) is 14.9 Å². The fourth-order valence-electron chi connectivity index (χ4n) is 2.48. The Hall–Kier alpha value is -1.41. The van der Waals surface area contributed by atoms with E-state index in [1.165, 1.54) is 12.4 Å². The highest BCUT2D eigenvalue weighted by molar-refractivity contribution is 7.89. The van der Waals surface area contributed by atoms with Crippen LogP contribution < -0.4 is 4.72 Å². The number of nitrogens with one attached hydrogen (secondary N) is 2. The highest BCUT2D eigenvalue weighted by Crippen LogP contribution is 2.38. The van der Waals surface area contributed by atoms with Gasteiger partial charge in [0.1, 0.15) is 4.90 Å². The number of aromatic amines is 1. The SMILES string of the molecule is CC1CCC(CNS(=O)(=O)c2cn[nH]c2)(C(=O)O)CC1. The predicted octanol–water partition coefficient (Wildman–Crippen LogP) is 0.969. The fourth-order valence-corrected chi connectivity index (χ4v) is 3.52. The Balaban J connectivity index is 2.09. The van der Waals surface area contributed by atoms with Gasteiger partial charge in [-0.3, -0.25) is 9.89 Å². The molecule has 1 aliphatic carbocycles. The van der Waals surface area contributed by atoms with E-state index in [4.69, 9.17) is 0 Å². The van der Waals surface area contributed by atoms with Crippen LogP contribution in [0.5, 0.6) is 0 Å². The lowest BCUT2D eigenvalue weighted by atomic mass is 9.71. The minimum Gasteiger partial charge on any atom is -0.481 e. The molecule has 0 aromatic carbocycles. The van der Waals surface area contributed by atoms with E-state index in [-0.39, 0.29) is 11.4 Å². The second-order valence-corrected chi connectivity index (χ2v) is 7.29. The predicted molar refractivity (Wildman–Crippen MR) is 71.5 cm³/mol. The third kappa shape index (κ3) is 3.01. The second kappa shape index (κ2) is 5.53. The van der Waals surface area contributed by atoms with Crippen molar-refractivity contribution in [3.8, 4) is 0 Å². The highest BCUT2D eigenvalue weighted by atomic mass is 32.2. The van der Waals surface area contributed by atoms with Crippen molar-refractivity contribution in [1.29, 1.82) is 0 Å². The molecular weight excluding hydrogens is 282 g/mol. The summed E-state index contributed by atoms with van der Waals surface area (Å²) in [7, 11) is -3.71. The molecule has 112 valence electrons. The minimum absolute atomic E-state index is 0.0159. The van der Waals surface area contributed by atoms with Crippen LogP contribution in [0.2, 0.25) is 0 Å². The Labute approximate surface area is 117 Å². The molecule has 1 heterocycles. The summed E-state index contributed by atoms with van der Waals surface area (Å²) in [6.07, 6.45) is 5.06. The van der Waals surface area contributed by atoms with Gasteiger partial charge < -0.3 is 5.11 Å². The molecule has 1 aliphatic rings. The number of carbonyl (C=O) groups is 1. The van der Waals surface area contributed by atoms with Crippen LogP contribution in [-0.4, -0.2) is 36.2 Å². The number of aromatic nitrogens is 2. The molecule has 0 atom stereocenters. The van der Waals surface area contributed by atoms with Crippen LogP contribution in [0.25, 0.3) is 0 Å². The lowest BCUT2D eigenvalue weighted by Crippen LogP contribution is -2.45. The largest absolute Gasteiger partial charge is 0.481 e. The lowest BCUT2D eigenvalue weighted by molar-refractivity contribution is -0.151. The smallest absolute Gasteiger partial charge is 0.310 e. The summed E-state index contributed by atoms with van der Waals surface area (Å²) in [4.78, 5) is 11.5. The van der Waals surface area contributed by atoms with Gasteiger partial charge in [0.15, 0.2) is 0 Å². The number of sulfonamides is 1. The van der Waals surface area contributed by atoms with Crippen LogP contribution in [0.1, 0.15) is 32.6 Å². The number of carboxylic acid groups (broad SMARTS) is 1. The van der Waals surface area contributed by atoms with Gasteiger partial charge in [0.05, 0.1) is 11.6 Å². The zero-order valence-corrected chi connectivity index (χ0v) is 12.1. The standard InChI is InChI=1S/C12H19N3O4S/c1-9-2-4-12(5-3-9,11(16)17)8-15-20(18,19)10-6-13-14-7-10/h6-7,9,15H,2-5,8H2,1H3,(H,13,14)(H,16,17). The van der Waals surface area contributed by atoms with Crippen molar-refractivity contribution in [3.05, 3.63) is 12.4 Å². The van der Waals surface area contributed by atoms with Crippen LogP contribution in [0, 0.1) is 11.3 Å². The van der Waals surface area contributed by atoms with E-state index < -0.39 is 21.4 Å². The summed E-state index contributed by atoms with van der Waals surface area (Å²) in [5, 5.41) is 15.5. The molecule has 1 aromatic heterocycles. The van der Waals surface area contributed by atoms with Gasteiger partial charge in [-0.25, -0.2) is 13.1 Å². The molecule has 2 rings (SSSR count). The molecule has 1 fully saturated rings. The molecule has 0 amide bonds. The average molecular weight is 301 g/mol. The van der Waals surface area contributed by atoms with Crippen LogP contribution in [0.3, 0.4) is 0 Å². The molecule has 8 heteroatoms. The van der Waals surface area contributed by atoms with Crippen LogP contribution >= 0.6 is 0 Å². The monoisotopic (exact) mass is 301 g/mol. The Morgan fingerprint density at radius 1 is 1.55 bits per heavy atom. The number of carboxylic acids is 1. The first kappa shape index (κ1) is 15.0. The van der Waals surface area contributed by atoms with E-state index in [2.05, 4.69) is 21.8 Å². The maximum atomic E-state index is 12.0. The summed E-state index contributed by atoms with van der Waals surface area (Å²) in [6.45, 7) is 2.00. The normalized spacial score (nSPS) is 27.4. The summed E-state index contributed by atoms with van der Waals surface area (Å²) < 4.78 is 26.4. The number of H-pyrrole nitrogens is 1. The van der Waals surface area contributed by atoms with E-state index in [1.807, 2.05) is 0 Å². The van der Waals surface area contributed by atoms with Gasteiger partial charge in [-0.15, -0.1) is 0 Å². The van der Waals surface area contributed by atoms with Crippen molar-refractivity contribution < 1.29 is 18.3 Å². The summed E-state index contributed by atoms with van der Waals surface area (Å²) in [5.41, 5.74) is -0.997. The number of rotatable bonds is 5. The number of nitrogens with zero attached hydrogens (tertiary/aromatic N) is 1. The van der Waals surface area contributed by atoms with Crippen molar-refractivity contribution in [2.45, 2.75) is 37.5 Å². The fraction of sp³-hybridized carbons (Fsp3) is 0.667. The average Bonchev–Trinajstić information content (AvgIpc) is 2.93. The summed E-state index contributed by atoms with van der Waals surface area (Å²) in [5.74, 6) is -0.438. The number of aliphatic carboxylic acids is 1. The Bertz CT molecular complexity index is 560. The molecule has 0 unspecified atom stereocenters. The molecule has 0 spiro atoms. The van der Waals surface area contributed by atoms with Gasteiger partial charge in [0.2, 0.25) is 10.0 Å². The van der Waals surface area contributed by atoms with E-state index in [9.17, 15) is 18.3 Å². The first-order valence-corrected chi connectivity index (χ1v) is 8.06. The minimum atomic E-state index is -3.71. The molecule has 0 radical (unpaired) electrons. The van der Waals surface area contributed by atoms with Gasteiger partial charge in [0, 0.05) is 12.7 Å². The van der Waals surface area contributed by atoms with Crippen LogP contribution in [-0.2, 0) is 14.8 Å². The van der Waals surface area contributed by atoms with Gasteiger partial charge >= 0.3 is 5.97 Å². The second-order valence-electron chi connectivity index (χ2n) is 5.53. The number of hydrogen-bond donors (Lipinski definition) is 3. The van der Waals surface area contributed by atoms with Crippen LogP contribution in [0.4, 0.5) is 0 Å². The molecule has 0 bridgehead atoms. The maximum absolute atomic E-state index is 12.0. The van der Waals surface area contributed by atoms with Gasteiger partial charge in [-0.05, 0) is 31.6 Å². The van der Waals surface area contributed by atoms with E-state index in [0.29, 0.717) is 18.8 Å². The van der Waals surface area contributed by atoms with Crippen molar-refractivity contribution in [3.63, 3.8) is 0 Å². The quantitative estimate of drug-likeness (QED) is 0.750. The van der Waals surface area contributed by atoms with E-state index in [1.54, 1.807) is 0 Å². The summed E-state index contributed by atoms with van der Waals surface area (Å²) in [6, 6.07) is 0. The first-order chi connectivity index (χ1) is 9.36. The first-order valence-electron chi connectivity index (χ1n) is 6.58. The van der Waals surface area contributed by atoms with Crippen molar-refractivity contribution >= 4 is 16.0 Å². The summed E-state index contributed by atoms with van der Waals surface area (Å²) >= 11 is 0. The molecule has 1 aromatic rings. The Morgan fingerprint density at radius 3 is 2.70 bits per heavy atom. The molecule has 20 heavy (non-hydrogen) atoms. The number of hydrogen-bond acceptors (Lipinski definition) is 4. The van der Waals surface area contributed by atoms with Gasteiger partial charge in [-0.2, -0.15) is 5.10 Å². The Kier molecular flexibility index (Phi) is 4.14. The van der Waals surface area contributed by atoms with Gasteiger partial charge in [0.25, 0.3) is 0 Å². The molecule has 0 saturated heterocycles. The van der Waals surface area contributed by atoms with E-state index in [0.717, 1.165) is 12.8 Å². The van der Waals surface area contributed by atoms with E-state index >= 15 is 0 Å². The van der Waals surface area contributed by atoms with Crippen LogP contribution in [0.15, 0.2) is 17.3 Å². The maximum Gasteiger partial charge on any atom is 0.310 e. The van der Waals surface area contributed by atoms with Crippen molar-refractivity contribution in [2.75, 3.05) is 6.54 Å². The topological polar surface area (TPSA) is 112 Å². The molecule has 0 aliphatic heterocycles. The zero-order chi connectivity index (χ0) is 14.8. The third-order valence-corrected chi connectivity index (χ3v) is 5.44. The molecular formula is C12H19N3O4S. The van der Waals surface area contributed by atoms with Gasteiger partial charge in [-0.1, -0.05) is 6.92 Å². The third-order valence-electron chi connectivity index (χ3n) is 4.07. The zero-order valence-electron chi connectivity index (χ0n) is 11.3. The highest BCUT2D eigenvalue weighted by Gasteiger charge is 2.42. The lowest BCUT2D eigenvalue weighted by Gasteiger charge is -2.35. The molecule has 1 saturated carbocycles. The Morgan fingerprint density at radius 2 is 2.20 bits per heavy atom. The molecule has 7 nitrogen and oxygen atoms in total. The van der Waals surface area contributed by atoms with Crippen molar-refractivity contribution in [2.24, 2.45) is 11.3 Å².